The van der Waals surface area contributed by atoms with Crippen LogP contribution < -0.4 is 5.32 Å². The van der Waals surface area contributed by atoms with Crippen molar-refractivity contribution in [3.63, 3.8) is 0 Å². The fourth-order valence-corrected chi connectivity index (χ4v) is 3.22. The number of likely N-dealkylation sites (N-methyl/N-ethyl adjacent to an activating group) is 1. The minimum Gasteiger partial charge on any atom is -0.388 e. The van der Waals surface area contributed by atoms with Crippen LogP contribution in [0.15, 0.2) is 18.2 Å². The second-order valence-electron chi connectivity index (χ2n) is 5.69. The number of amides is 1. The summed E-state index contributed by atoms with van der Waals surface area (Å²) >= 11 is 0. The van der Waals surface area contributed by atoms with Crippen molar-refractivity contribution in [3.8, 4) is 0 Å². The van der Waals surface area contributed by atoms with Gasteiger partial charge in [0, 0.05) is 37.4 Å². The fourth-order valence-electron chi connectivity index (χ4n) is 3.22. The molecule has 1 atom stereocenters. The van der Waals surface area contributed by atoms with Gasteiger partial charge in [0.2, 0.25) is 0 Å². The third kappa shape index (κ3) is 3.38. The number of anilines is 1. The molecular formula is C17H27N3O. The number of likely N-dealkylation sites (tertiary alicyclic amines) is 1. The normalized spacial score (nSPS) is 18.3. The summed E-state index contributed by atoms with van der Waals surface area (Å²) in [5.41, 5.74) is 2.99. The summed E-state index contributed by atoms with van der Waals surface area (Å²) in [4.78, 5) is 17.1. The third-order valence-electron chi connectivity index (χ3n) is 4.52. The summed E-state index contributed by atoms with van der Waals surface area (Å²) in [6.07, 6.45) is 1.08. The van der Waals surface area contributed by atoms with Crippen molar-refractivity contribution in [1.82, 2.24) is 9.80 Å². The Balaban J connectivity index is 2.06. The molecule has 4 heteroatoms. The largest absolute Gasteiger partial charge is 0.388 e. The lowest BCUT2D eigenvalue weighted by Gasteiger charge is -2.26. The Labute approximate surface area is 128 Å². The summed E-state index contributed by atoms with van der Waals surface area (Å²) in [5, 5.41) is 3.14. The van der Waals surface area contributed by atoms with E-state index in [0.717, 1.165) is 49.4 Å². The van der Waals surface area contributed by atoms with Crippen LogP contribution in [-0.2, 0) is 0 Å². The van der Waals surface area contributed by atoms with Crippen molar-refractivity contribution in [2.24, 2.45) is 0 Å². The van der Waals surface area contributed by atoms with E-state index in [1.54, 1.807) is 0 Å². The highest BCUT2D eigenvalue weighted by atomic mass is 16.2. The number of carbonyl (C=O) groups excluding carboxylic acids is 1. The lowest BCUT2D eigenvalue weighted by molar-refractivity contribution is 0.0778. The van der Waals surface area contributed by atoms with Crippen molar-refractivity contribution in [2.45, 2.75) is 33.2 Å². The maximum absolute atomic E-state index is 12.6. The van der Waals surface area contributed by atoms with Crippen LogP contribution in [0.2, 0.25) is 0 Å². The van der Waals surface area contributed by atoms with E-state index < -0.39 is 0 Å². The molecule has 1 aliphatic heterocycles. The smallest absolute Gasteiger partial charge is 0.253 e. The molecule has 0 bridgehead atoms. The van der Waals surface area contributed by atoms with E-state index in [1.807, 2.05) is 37.1 Å². The average Bonchev–Trinajstić information content (AvgIpc) is 2.97. The molecule has 2 rings (SSSR count). The molecule has 0 saturated carbocycles. The lowest BCUT2D eigenvalue weighted by atomic mass is 10.1. The van der Waals surface area contributed by atoms with Gasteiger partial charge in [-0.15, -0.1) is 0 Å². The Morgan fingerprint density at radius 2 is 2.10 bits per heavy atom. The number of nitrogens with one attached hydrogen (secondary N) is 1. The van der Waals surface area contributed by atoms with E-state index >= 15 is 0 Å². The van der Waals surface area contributed by atoms with Crippen molar-refractivity contribution in [3.05, 3.63) is 29.3 Å². The molecule has 0 radical (unpaired) electrons. The summed E-state index contributed by atoms with van der Waals surface area (Å²) in [7, 11) is 1.90. The van der Waals surface area contributed by atoms with Crippen LogP contribution in [0.25, 0.3) is 0 Å². The van der Waals surface area contributed by atoms with E-state index in [4.69, 9.17) is 0 Å². The van der Waals surface area contributed by atoms with Gasteiger partial charge in [0.15, 0.2) is 0 Å². The SMILES string of the molecule is CCN(CC)C1CCN(C(=O)c2ccc(NC)c(C)c2)C1. The molecule has 0 aliphatic carbocycles. The van der Waals surface area contributed by atoms with Gasteiger partial charge in [-0.1, -0.05) is 13.8 Å². The molecule has 0 aromatic heterocycles. The molecule has 1 aliphatic rings. The monoisotopic (exact) mass is 289 g/mol. The summed E-state index contributed by atoms with van der Waals surface area (Å²) in [5.74, 6) is 0.162. The number of benzene rings is 1. The molecule has 1 amide bonds. The van der Waals surface area contributed by atoms with Gasteiger partial charge in [0.05, 0.1) is 0 Å². The maximum atomic E-state index is 12.6. The summed E-state index contributed by atoms with van der Waals surface area (Å²) in [6.45, 7) is 10.2. The topological polar surface area (TPSA) is 35.6 Å². The number of aryl methyl sites for hydroxylation is 1. The third-order valence-corrected chi connectivity index (χ3v) is 4.52. The molecule has 1 heterocycles. The van der Waals surface area contributed by atoms with Crippen molar-refractivity contribution in [1.29, 1.82) is 0 Å². The van der Waals surface area contributed by atoms with Crippen molar-refractivity contribution in [2.75, 3.05) is 38.5 Å². The van der Waals surface area contributed by atoms with Crippen molar-refractivity contribution < 1.29 is 4.79 Å². The van der Waals surface area contributed by atoms with Gasteiger partial charge in [-0.25, -0.2) is 0 Å². The van der Waals surface area contributed by atoms with Gasteiger partial charge < -0.3 is 10.2 Å². The maximum Gasteiger partial charge on any atom is 0.253 e. The second-order valence-corrected chi connectivity index (χ2v) is 5.69. The van der Waals surface area contributed by atoms with Crippen LogP contribution in [0, 0.1) is 6.92 Å². The lowest BCUT2D eigenvalue weighted by Crippen LogP contribution is -2.38. The van der Waals surface area contributed by atoms with Crippen LogP contribution >= 0.6 is 0 Å². The van der Waals surface area contributed by atoms with Crippen LogP contribution in [0.5, 0.6) is 0 Å². The Hall–Kier alpha value is -1.55. The first-order valence-electron chi connectivity index (χ1n) is 7.92. The van der Waals surface area contributed by atoms with E-state index in [0.29, 0.717) is 6.04 Å². The van der Waals surface area contributed by atoms with E-state index in [1.165, 1.54) is 0 Å². The quantitative estimate of drug-likeness (QED) is 0.905. The number of carbonyl (C=O) groups is 1. The Morgan fingerprint density at radius 1 is 1.38 bits per heavy atom. The molecule has 1 N–H and O–H groups in total. The van der Waals surface area contributed by atoms with Gasteiger partial charge in [-0.05, 0) is 50.2 Å². The first-order valence-corrected chi connectivity index (χ1v) is 7.92. The number of hydrogen-bond acceptors (Lipinski definition) is 3. The Morgan fingerprint density at radius 3 is 2.67 bits per heavy atom. The van der Waals surface area contributed by atoms with Crippen molar-refractivity contribution >= 4 is 11.6 Å². The molecule has 1 unspecified atom stereocenters. The van der Waals surface area contributed by atoms with Crippen LogP contribution in [-0.4, -0.2) is 55.0 Å². The van der Waals surface area contributed by atoms with Crippen LogP contribution in [0.1, 0.15) is 36.2 Å². The minimum atomic E-state index is 0.162. The molecule has 21 heavy (non-hydrogen) atoms. The average molecular weight is 289 g/mol. The summed E-state index contributed by atoms with van der Waals surface area (Å²) in [6, 6.07) is 6.41. The Bertz CT molecular complexity index is 497. The standard InChI is InChI=1S/C17H27N3O/c1-5-19(6-2)15-9-10-20(12-15)17(21)14-7-8-16(18-4)13(3)11-14/h7-8,11,15,18H,5-6,9-10,12H2,1-4H3. The molecule has 1 fully saturated rings. The first-order chi connectivity index (χ1) is 10.1. The van der Waals surface area contributed by atoms with Gasteiger partial charge in [0.1, 0.15) is 0 Å². The highest BCUT2D eigenvalue weighted by Crippen LogP contribution is 2.21. The predicted molar refractivity (Wildman–Crippen MR) is 88.0 cm³/mol. The first kappa shape index (κ1) is 15.8. The molecule has 0 spiro atoms. The number of hydrogen-bond donors (Lipinski definition) is 1. The molecule has 1 aromatic rings. The van der Waals surface area contributed by atoms with Gasteiger partial charge >= 0.3 is 0 Å². The van der Waals surface area contributed by atoms with Crippen LogP contribution in [0.3, 0.4) is 0 Å². The fraction of sp³-hybridized carbons (Fsp3) is 0.588. The van der Waals surface area contributed by atoms with E-state index in [2.05, 4.69) is 24.1 Å². The molecule has 1 saturated heterocycles. The zero-order chi connectivity index (χ0) is 15.4. The highest BCUT2D eigenvalue weighted by Gasteiger charge is 2.29. The number of rotatable bonds is 5. The van der Waals surface area contributed by atoms with Gasteiger partial charge in [-0.3, -0.25) is 9.69 Å². The molecule has 4 nitrogen and oxygen atoms in total. The predicted octanol–water partition coefficient (Wildman–Crippen LogP) is 2.59. The molecule has 1 aromatic carbocycles. The zero-order valence-electron chi connectivity index (χ0n) is 13.6. The van der Waals surface area contributed by atoms with E-state index in [9.17, 15) is 4.79 Å². The highest BCUT2D eigenvalue weighted by molar-refractivity contribution is 5.95. The molecule has 116 valence electrons. The Kier molecular flexibility index (Phi) is 5.23. The van der Waals surface area contributed by atoms with Gasteiger partial charge in [-0.2, -0.15) is 0 Å². The second kappa shape index (κ2) is 6.94. The number of nitrogens with zero attached hydrogens (tertiary/aromatic N) is 2. The minimum absolute atomic E-state index is 0.162. The van der Waals surface area contributed by atoms with Gasteiger partial charge in [0.25, 0.3) is 5.91 Å². The molecular weight excluding hydrogens is 262 g/mol. The zero-order valence-corrected chi connectivity index (χ0v) is 13.6. The van der Waals surface area contributed by atoms with Crippen LogP contribution in [0.4, 0.5) is 5.69 Å². The summed E-state index contributed by atoms with van der Waals surface area (Å²) < 4.78 is 0. The van der Waals surface area contributed by atoms with E-state index in [-0.39, 0.29) is 5.91 Å².